The molecule has 0 atom stereocenters. The number of nitrogens with zero attached hydrogens (tertiary/aromatic N) is 3. The summed E-state index contributed by atoms with van der Waals surface area (Å²) in [5, 5.41) is 15.4. The summed E-state index contributed by atoms with van der Waals surface area (Å²) in [4.78, 5) is 14.4. The van der Waals surface area contributed by atoms with Crippen LogP contribution >= 0.6 is 0 Å². The summed E-state index contributed by atoms with van der Waals surface area (Å²) in [6.07, 6.45) is 3.47. The van der Waals surface area contributed by atoms with Gasteiger partial charge in [0.15, 0.2) is 0 Å². The van der Waals surface area contributed by atoms with Crippen LogP contribution < -0.4 is 10.5 Å². The minimum absolute atomic E-state index is 0.0435. The van der Waals surface area contributed by atoms with E-state index in [-0.39, 0.29) is 18.4 Å². The van der Waals surface area contributed by atoms with E-state index >= 15 is 0 Å². The highest BCUT2D eigenvalue weighted by molar-refractivity contribution is 5.85. The third kappa shape index (κ3) is 3.71. The van der Waals surface area contributed by atoms with Gasteiger partial charge in [0.1, 0.15) is 12.3 Å². The Kier molecular flexibility index (Phi) is 4.60. The molecule has 0 unspecified atom stereocenters. The number of amides is 1. The highest BCUT2D eigenvalue weighted by atomic mass is 16.5. The Morgan fingerprint density at radius 2 is 2.08 bits per heavy atom. The van der Waals surface area contributed by atoms with Crippen LogP contribution in [0.4, 0.5) is 5.69 Å². The van der Waals surface area contributed by atoms with E-state index < -0.39 is 5.60 Å². The van der Waals surface area contributed by atoms with Gasteiger partial charge in [-0.1, -0.05) is 0 Å². The Morgan fingerprint density at radius 3 is 2.68 bits per heavy atom. The van der Waals surface area contributed by atoms with E-state index in [1.165, 1.54) is 0 Å². The summed E-state index contributed by atoms with van der Waals surface area (Å²) in [6.45, 7) is 5.23. The highest BCUT2D eigenvalue weighted by Gasteiger charge is 2.31. The predicted molar refractivity (Wildman–Crippen MR) is 96.3 cm³/mol. The molecule has 2 heterocycles. The van der Waals surface area contributed by atoms with Gasteiger partial charge >= 0.3 is 0 Å². The van der Waals surface area contributed by atoms with Crippen LogP contribution in [0.25, 0.3) is 10.9 Å². The quantitative estimate of drug-likeness (QED) is 0.821. The van der Waals surface area contributed by atoms with Crippen LogP contribution in [-0.4, -0.2) is 51.5 Å². The second-order valence-electron chi connectivity index (χ2n) is 7.29. The Bertz CT molecular complexity index is 770. The van der Waals surface area contributed by atoms with E-state index in [0.29, 0.717) is 24.5 Å². The van der Waals surface area contributed by atoms with Crippen LogP contribution in [-0.2, 0) is 11.3 Å². The zero-order chi connectivity index (χ0) is 18.2. The molecule has 1 aliphatic rings. The number of carbonyl (C=O) groups is 1. The molecule has 1 aromatic heterocycles. The van der Waals surface area contributed by atoms with Crippen molar-refractivity contribution in [2.24, 2.45) is 5.92 Å². The molecule has 1 amide bonds. The third-order valence-electron chi connectivity index (χ3n) is 5.05. The van der Waals surface area contributed by atoms with Crippen LogP contribution in [0.2, 0.25) is 0 Å². The van der Waals surface area contributed by atoms with Crippen LogP contribution in [0.3, 0.4) is 0 Å². The first-order valence-electron chi connectivity index (χ1n) is 8.58. The number of carbonyl (C=O) groups excluding carboxylic acids is 1. The lowest BCUT2D eigenvalue weighted by Crippen LogP contribution is -2.45. The van der Waals surface area contributed by atoms with Gasteiger partial charge in [-0.05, 0) is 38.7 Å². The van der Waals surface area contributed by atoms with Crippen molar-refractivity contribution in [1.29, 1.82) is 0 Å². The molecule has 25 heavy (non-hydrogen) atoms. The first kappa shape index (κ1) is 17.5. The molecule has 1 aromatic carbocycles. The van der Waals surface area contributed by atoms with Crippen molar-refractivity contribution >= 4 is 22.5 Å². The smallest absolute Gasteiger partial charge is 0.244 e. The number of rotatable bonds is 4. The van der Waals surface area contributed by atoms with E-state index in [0.717, 1.165) is 23.7 Å². The normalized spacial score (nSPS) is 16.4. The summed E-state index contributed by atoms with van der Waals surface area (Å²) < 4.78 is 6.85. The van der Waals surface area contributed by atoms with Crippen molar-refractivity contribution in [3.8, 4) is 5.75 Å². The lowest BCUT2D eigenvalue weighted by molar-refractivity contribution is -0.134. The lowest BCUT2D eigenvalue weighted by atomic mass is 9.83. The molecule has 0 saturated carbocycles. The van der Waals surface area contributed by atoms with Crippen LogP contribution in [0.15, 0.2) is 18.3 Å². The Labute approximate surface area is 147 Å². The fourth-order valence-corrected chi connectivity index (χ4v) is 3.45. The fourth-order valence-electron chi connectivity index (χ4n) is 3.45. The van der Waals surface area contributed by atoms with Crippen LogP contribution in [0.1, 0.15) is 26.7 Å². The number of benzene rings is 1. The molecule has 2 aromatic rings. The van der Waals surface area contributed by atoms with Gasteiger partial charge < -0.3 is 20.5 Å². The maximum atomic E-state index is 12.5. The number of piperidine rings is 1. The number of ether oxygens (including phenoxy) is 1. The summed E-state index contributed by atoms with van der Waals surface area (Å²) in [6, 6.07) is 3.58. The van der Waals surface area contributed by atoms with Crippen molar-refractivity contribution in [3.63, 3.8) is 0 Å². The Balaban J connectivity index is 1.66. The molecule has 0 bridgehead atoms. The monoisotopic (exact) mass is 346 g/mol. The molecule has 1 saturated heterocycles. The first-order valence-corrected chi connectivity index (χ1v) is 8.58. The van der Waals surface area contributed by atoms with Crippen LogP contribution in [0, 0.1) is 5.92 Å². The van der Waals surface area contributed by atoms with Crippen LogP contribution in [0.5, 0.6) is 5.75 Å². The second-order valence-corrected chi connectivity index (χ2v) is 7.29. The van der Waals surface area contributed by atoms with E-state index in [4.69, 9.17) is 10.5 Å². The number of nitrogens with two attached hydrogens (primary N) is 1. The maximum Gasteiger partial charge on any atom is 0.244 e. The number of aliphatic hydroxyl groups is 1. The number of likely N-dealkylation sites (tertiary alicyclic amines) is 1. The SMILES string of the molecule is COc1cc2nn(CC(=O)N3CCC(C(C)(C)O)CC3)cc2cc1N. The summed E-state index contributed by atoms with van der Waals surface area (Å²) in [5.41, 5.74) is 6.53. The molecule has 3 N–H and O–H groups in total. The number of aromatic nitrogens is 2. The molecule has 136 valence electrons. The predicted octanol–water partition coefficient (Wildman–Crippen LogP) is 1.64. The van der Waals surface area contributed by atoms with Gasteiger partial charge in [0.25, 0.3) is 0 Å². The largest absolute Gasteiger partial charge is 0.495 e. The number of fused-ring (bicyclic) bond motifs is 1. The summed E-state index contributed by atoms with van der Waals surface area (Å²) in [5.74, 6) is 0.860. The molecule has 0 aliphatic carbocycles. The molecule has 0 radical (unpaired) electrons. The maximum absolute atomic E-state index is 12.5. The minimum atomic E-state index is -0.687. The molecular weight excluding hydrogens is 320 g/mol. The molecule has 1 aliphatic heterocycles. The Hall–Kier alpha value is -2.28. The van der Waals surface area contributed by atoms with E-state index in [1.54, 1.807) is 23.9 Å². The minimum Gasteiger partial charge on any atom is -0.495 e. The number of hydrogen-bond donors (Lipinski definition) is 2. The lowest BCUT2D eigenvalue weighted by Gasteiger charge is -2.37. The van der Waals surface area contributed by atoms with Gasteiger partial charge in [-0.15, -0.1) is 0 Å². The van der Waals surface area contributed by atoms with Gasteiger partial charge in [0.2, 0.25) is 5.91 Å². The van der Waals surface area contributed by atoms with Crippen molar-refractivity contribution < 1.29 is 14.6 Å². The summed E-state index contributed by atoms with van der Waals surface area (Å²) in [7, 11) is 1.56. The van der Waals surface area contributed by atoms with E-state index in [9.17, 15) is 9.90 Å². The van der Waals surface area contributed by atoms with Crippen molar-refractivity contribution in [1.82, 2.24) is 14.7 Å². The molecule has 3 rings (SSSR count). The van der Waals surface area contributed by atoms with Crippen molar-refractivity contribution in [2.45, 2.75) is 38.8 Å². The van der Waals surface area contributed by atoms with Gasteiger partial charge in [0, 0.05) is 30.7 Å². The van der Waals surface area contributed by atoms with Gasteiger partial charge in [0.05, 0.1) is 23.9 Å². The van der Waals surface area contributed by atoms with E-state index in [2.05, 4.69) is 5.10 Å². The number of methoxy groups -OCH3 is 1. The number of nitrogen functional groups attached to an aromatic ring is 1. The number of anilines is 1. The zero-order valence-corrected chi connectivity index (χ0v) is 15.0. The van der Waals surface area contributed by atoms with Gasteiger partial charge in [-0.25, -0.2) is 0 Å². The number of hydrogen-bond acceptors (Lipinski definition) is 5. The fraction of sp³-hybridized carbons (Fsp3) is 0.556. The first-order chi connectivity index (χ1) is 11.8. The highest BCUT2D eigenvalue weighted by Crippen LogP contribution is 2.29. The van der Waals surface area contributed by atoms with Crippen molar-refractivity contribution in [2.75, 3.05) is 25.9 Å². The molecular formula is C18H26N4O3. The zero-order valence-electron chi connectivity index (χ0n) is 15.0. The van der Waals surface area contributed by atoms with Gasteiger partial charge in [-0.3, -0.25) is 9.48 Å². The average molecular weight is 346 g/mol. The average Bonchev–Trinajstić information content (AvgIpc) is 2.94. The Morgan fingerprint density at radius 1 is 1.40 bits per heavy atom. The molecule has 7 heteroatoms. The van der Waals surface area contributed by atoms with Crippen molar-refractivity contribution in [3.05, 3.63) is 18.3 Å². The molecule has 0 spiro atoms. The third-order valence-corrected chi connectivity index (χ3v) is 5.05. The molecule has 1 fully saturated rings. The van der Waals surface area contributed by atoms with E-state index in [1.807, 2.05) is 24.9 Å². The second kappa shape index (κ2) is 6.55. The molecule has 7 nitrogen and oxygen atoms in total. The standard InChI is InChI=1S/C18H26N4O3/c1-18(2,24)13-4-6-21(7-5-13)17(23)11-22-10-12-8-14(19)16(25-3)9-15(12)20-22/h8-10,13,24H,4-7,11,19H2,1-3H3. The topological polar surface area (TPSA) is 93.6 Å². The van der Waals surface area contributed by atoms with Gasteiger partial charge in [-0.2, -0.15) is 5.10 Å². The summed E-state index contributed by atoms with van der Waals surface area (Å²) >= 11 is 0.